The Morgan fingerprint density at radius 1 is 0.688 bits per heavy atom. The first-order chi connectivity index (χ1) is 7.83. The number of likely N-dealkylation sites (tertiary alicyclic amines) is 1. The maximum Gasteiger partial charge on any atom is 0.0123 e. The highest BCUT2D eigenvalue weighted by Gasteiger charge is 2.33. The molecule has 0 radical (unpaired) electrons. The molecule has 4 aliphatic rings. The molecular weight excluding hydrogens is 198 g/mol. The van der Waals surface area contributed by atoms with Gasteiger partial charge in [0.25, 0.3) is 0 Å². The van der Waals surface area contributed by atoms with Crippen LogP contribution in [0.3, 0.4) is 0 Å². The molecule has 0 amide bonds. The summed E-state index contributed by atoms with van der Waals surface area (Å²) in [4.78, 5) is 8.00. The van der Waals surface area contributed by atoms with E-state index in [0.717, 1.165) is 12.1 Å². The molecule has 16 heavy (non-hydrogen) atoms. The second kappa shape index (κ2) is 4.63. The van der Waals surface area contributed by atoms with Crippen LogP contribution >= 0.6 is 0 Å². The van der Waals surface area contributed by atoms with Crippen molar-refractivity contribution in [3.8, 4) is 0 Å². The summed E-state index contributed by atoms with van der Waals surface area (Å²) in [6, 6.07) is 1.80. The van der Waals surface area contributed by atoms with Crippen molar-refractivity contribution >= 4 is 0 Å². The summed E-state index contributed by atoms with van der Waals surface area (Å²) in [5.41, 5.74) is 0. The Morgan fingerprint density at radius 2 is 1.25 bits per heavy atom. The summed E-state index contributed by atoms with van der Waals surface area (Å²) >= 11 is 0. The third-order valence-corrected chi connectivity index (χ3v) is 4.86. The molecule has 4 aliphatic heterocycles. The first-order valence-corrected chi connectivity index (χ1v) is 6.99. The van der Waals surface area contributed by atoms with Crippen LogP contribution in [0, 0.1) is 0 Å². The van der Waals surface area contributed by atoms with Gasteiger partial charge in [-0.3, -0.25) is 4.90 Å². The van der Waals surface area contributed by atoms with Crippen LogP contribution in [0.25, 0.3) is 0 Å². The number of rotatable bonds is 1. The van der Waals surface area contributed by atoms with Crippen molar-refractivity contribution in [1.29, 1.82) is 0 Å². The highest BCUT2D eigenvalue weighted by molar-refractivity contribution is 4.90. The van der Waals surface area contributed by atoms with Gasteiger partial charge in [0.05, 0.1) is 0 Å². The largest absolute Gasteiger partial charge is 0.306 e. The third kappa shape index (κ3) is 2.13. The van der Waals surface area contributed by atoms with Gasteiger partial charge in [0, 0.05) is 25.2 Å². The molecule has 4 fully saturated rings. The van der Waals surface area contributed by atoms with Gasteiger partial charge in [-0.1, -0.05) is 0 Å². The van der Waals surface area contributed by atoms with Crippen molar-refractivity contribution in [2.75, 3.05) is 46.3 Å². The van der Waals surface area contributed by atoms with Crippen LogP contribution in [-0.4, -0.2) is 73.1 Å². The molecule has 0 aromatic carbocycles. The van der Waals surface area contributed by atoms with Gasteiger partial charge in [-0.15, -0.1) is 0 Å². The van der Waals surface area contributed by atoms with Crippen LogP contribution < -0.4 is 0 Å². The zero-order valence-corrected chi connectivity index (χ0v) is 10.6. The van der Waals surface area contributed by atoms with Crippen molar-refractivity contribution in [2.45, 2.75) is 37.8 Å². The van der Waals surface area contributed by atoms with E-state index in [1.165, 1.54) is 65.0 Å². The number of hydrogen-bond donors (Lipinski definition) is 0. The van der Waals surface area contributed by atoms with E-state index in [1.807, 2.05) is 0 Å². The molecule has 3 nitrogen and oxygen atoms in total. The average molecular weight is 223 g/mol. The van der Waals surface area contributed by atoms with Gasteiger partial charge in [-0.05, 0) is 58.9 Å². The standard InChI is InChI=1S/C13H25N3/c1-14-6-2-12(3-7-14)16-11-10-15-8-4-13(16)5-9-15/h12-13H,2-11H2,1H3. The Balaban J connectivity index is 1.64. The van der Waals surface area contributed by atoms with Crippen molar-refractivity contribution in [2.24, 2.45) is 0 Å². The van der Waals surface area contributed by atoms with Crippen LogP contribution in [0.4, 0.5) is 0 Å². The first-order valence-electron chi connectivity index (χ1n) is 6.99. The minimum atomic E-state index is 0.888. The van der Waals surface area contributed by atoms with Crippen LogP contribution in [-0.2, 0) is 0 Å². The predicted octanol–water partition coefficient (Wildman–Crippen LogP) is 0.861. The molecular formula is C13H25N3. The zero-order chi connectivity index (χ0) is 11.0. The lowest BCUT2D eigenvalue weighted by atomic mass is 9.98. The molecule has 0 atom stereocenters. The monoisotopic (exact) mass is 223 g/mol. The Kier molecular flexibility index (Phi) is 3.18. The van der Waals surface area contributed by atoms with E-state index < -0.39 is 0 Å². The summed E-state index contributed by atoms with van der Waals surface area (Å²) in [6.45, 7) is 7.97. The molecule has 0 aromatic rings. The Bertz CT molecular complexity index is 227. The molecule has 4 rings (SSSR count). The van der Waals surface area contributed by atoms with E-state index in [0.29, 0.717) is 0 Å². The summed E-state index contributed by atoms with van der Waals surface area (Å²) in [6.07, 6.45) is 5.64. The van der Waals surface area contributed by atoms with Gasteiger partial charge >= 0.3 is 0 Å². The van der Waals surface area contributed by atoms with Crippen LogP contribution in [0.15, 0.2) is 0 Å². The molecule has 92 valence electrons. The summed E-state index contributed by atoms with van der Waals surface area (Å²) in [7, 11) is 2.26. The van der Waals surface area contributed by atoms with Gasteiger partial charge in [0.15, 0.2) is 0 Å². The minimum Gasteiger partial charge on any atom is -0.306 e. The average Bonchev–Trinajstić information content (AvgIpc) is 2.64. The SMILES string of the molecule is CN1CCC(N2CCN3CCC2CC3)CC1. The van der Waals surface area contributed by atoms with Gasteiger partial charge < -0.3 is 9.80 Å². The summed E-state index contributed by atoms with van der Waals surface area (Å²) < 4.78 is 0. The van der Waals surface area contributed by atoms with Crippen LogP contribution in [0.2, 0.25) is 0 Å². The van der Waals surface area contributed by atoms with Crippen LogP contribution in [0.1, 0.15) is 25.7 Å². The second-order valence-electron chi connectivity index (χ2n) is 5.85. The van der Waals surface area contributed by atoms with Crippen LogP contribution in [0.5, 0.6) is 0 Å². The molecule has 4 heterocycles. The predicted molar refractivity (Wildman–Crippen MR) is 66.7 cm³/mol. The smallest absolute Gasteiger partial charge is 0.0123 e. The van der Waals surface area contributed by atoms with Crippen molar-refractivity contribution in [3.63, 3.8) is 0 Å². The van der Waals surface area contributed by atoms with E-state index >= 15 is 0 Å². The van der Waals surface area contributed by atoms with E-state index in [9.17, 15) is 0 Å². The Morgan fingerprint density at radius 3 is 1.88 bits per heavy atom. The zero-order valence-electron chi connectivity index (χ0n) is 10.6. The van der Waals surface area contributed by atoms with E-state index in [4.69, 9.17) is 0 Å². The fourth-order valence-corrected chi connectivity index (χ4v) is 3.72. The van der Waals surface area contributed by atoms with Crippen molar-refractivity contribution < 1.29 is 0 Å². The number of piperidine rings is 2. The third-order valence-electron chi connectivity index (χ3n) is 4.86. The quantitative estimate of drug-likeness (QED) is 0.653. The van der Waals surface area contributed by atoms with Gasteiger partial charge in [-0.25, -0.2) is 0 Å². The normalized spacial score (nSPS) is 38.8. The molecule has 0 saturated carbocycles. The second-order valence-corrected chi connectivity index (χ2v) is 5.85. The lowest BCUT2D eigenvalue weighted by Crippen LogP contribution is -2.48. The molecule has 3 heteroatoms. The Hall–Kier alpha value is -0.120. The maximum absolute atomic E-state index is 2.86. The molecule has 0 aliphatic carbocycles. The first kappa shape index (κ1) is 11.0. The van der Waals surface area contributed by atoms with E-state index in [-0.39, 0.29) is 0 Å². The van der Waals surface area contributed by atoms with Gasteiger partial charge in [-0.2, -0.15) is 0 Å². The number of hydrogen-bond acceptors (Lipinski definition) is 3. The van der Waals surface area contributed by atoms with Gasteiger partial charge in [0.2, 0.25) is 0 Å². The lowest BCUT2D eigenvalue weighted by Gasteiger charge is -2.41. The molecule has 0 aromatic heterocycles. The lowest BCUT2D eigenvalue weighted by molar-refractivity contribution is 0.0838. The maximum atomic E-state index is 2.86. The van der Waals surface area contributed by atoms with Crippen molar-refractivity contribution in [1.82, 2.24) is 14.7 Å². The number of fused-ring (bicyclic) bond motifs is 4. The molecule has 2 bridgehead atoms. The fourth-order valence-electron chi connectivity index (χ4n) is 3.72. The van der Waals surface area contributed by atoms with Crippen molar-refractivity contribution in [3.05, 3.63) is 0 Å². The fraction of sp³-hybridized carbons (Fsp3) is 1.00. The molecule has 4 saturated heterocycles. The summed E-state index contributed by atoms with van der Waals surface area (Å²) in [5.74, 6) is 0. The Labute approximate surface area is 99.4 Å². The number of nitrogens with zero attached hydrogens (tertiary/aromatic N) is 3. The highest BCUT2D eigenvalue weighted by atomic mass is 15.3. The molecule has 0 N–H and O–H groups in total. The summed E-state index contributed by atoms with van der Waals surface area (Å²) in [5, 5.41) is 0. The highest BCUT2D eigenvalue weighted by Crippen LogP contribution is 2.26. The molecule has 0 unspecified atom stereocenters. The minimum absolute atomic E-state index is 0.888. The topological polar surface area (TPSA) is 9.72 Å². The molecule has 0 spiro atoms. The van der Waals surface area contributed by atoms with E-state index in [2.05, 4.69) is 21.7 Å². The van der Waals surface area contributed by atoms with Gasteiger partial charge in [0.1, 0.15) is 0 Å². The van der Waals surface area contributed by atoms with E-state index in [1.54, 1.807) is 0 Å².